The molecule has 1 fully saturated rings. The highest BCUT2D eigenvalue weighted by Crippen LogP contribution is 2.32. The van der Waals surface area contributed by atoms with E-state index in [4.69, 9.17) is 5.73 Å². The van der Waals surface area contributed by atoms with Crippen molar-refractivity contribution in [3.8, 4) is 0 Å². The molecular weight excluding hydrogens is 248 g/mol. The molecule has 2 N–H and O–H groups in total. The molecule has 0 saturated carbocycles. The smallest absolute Gasteiger partial charge is 0.230 e. The maximum Gasteiger partial charge on any atom is 0.230 e. The molecule has 1 aliphatic rings. The van der Waals surface area contributed by atoms with E-state index >= 15 is 0 Å². The topological polar surface area (TPSA) is 46.3 Å². The highest BCUT2D eigenvalue weighted by Gasteiger charge is 2.39. The monoisotopic (exact) mass is 276 g/mol. The molecule has 4 heteroatoms. The first-order valence-corrected chi connectivity index (χ1v) is 7.00. The number of halogens is 1. The first-order valence-electron chi connectivity index (χ1n) is 7.00. The van der Waals surface area contributed by atoms with Gasteiger partial charge in [0.25, 0.3) is 0 Å². The van der Waals surface area contributed by atoms with Crippen LogP contribution in [0.2, 0.25) is 0 Å². The van der Waals surface area contributed by atoms with E-state index in [2.05, 4.69) is 27.7 Å². The molecule has 18 heavy (non-hydrogen) atoms. The third-order valence-corrected chi connectivity index (χ3v) is 4.65. The molecule has 1 amide bonds. The highest BCUT2D eigenvalue weighted by molar-refractivity contribution is 5.85. The lowest BCUT2D eigenvalue weighted by Crippen LogP contribution is -2.46. The highest BCUT2D eigenvalue weighted by atomic mass is 35.5. The third kappa shape index (κ3) is 3.39. The molecule has 0 aromatic carbocycles. The van der Waals surface area contributed by atoms with Crippen LogP contribution in [0.5, 0.6) is 0 Å². The zero-order chi connectivity index (χ0) is 13.1. The van der Waals surface area contributed by atoms with Crippen LogP contribution in [0.1, 0.15) is 47.0 Å². The second-order valence-corrected chi connectivity index (χ2v) is 5.74. The van der Waals surface area contributed by atoms with Crippen molar-refractivity contribution in [1.82, 2.24) is 4.90 Å². The summed E-state index contributed by atoms with van der Waals surface area (Å²) >= 11 is 0. The second kappa shape index (κ2) is 7.34. The van der Waals surface area contributed by atoms with Gasteiger partial charge in [-0.15, -0.1) is 12.4 Å². The molecule has 3 nitrogen and oxygen atoms in total. The maximum absolute atomic E-state index is 12.6. The van der Waals surface area contributed by atoms with Crippen molar-refractivity contribution in [2.45, 2.75) is 47.0 Å². The van der Waals surface area contributed by atoms with Crippen LogP contribution in [0.4, 0.5) is 0 Å². The van der Waals surface area contributed by atoms with E-state index in [-0.39, 0.29) is 23.7 Å². The fraction of sp³-hybridized carbons (Fsp3) is 0.929. The van der Waals surface area contributed by atoms with Crippen molar-refractivity contribution in [2.75, 3.05) is 19.6 Å². The minimum Gasteiger partial charge on any atom is -0.342 e. The Hall–Kier alpha value is -0.280. The van der Waals surface area contributed by atoms with Gasteiger partial charge in [0.2, 0.25) is 5.91 Å². The molecule has 1 rings (SSSR count). The van der Waals surface area contributed by atoms with E-state index in [1.54, 1.807) is 0 Å². The van der Waals surface area contributed by atoms with Gasteiger partial charge in [0.15, 0.2) is 0 Å². The van der Waals surface area contributed by atoms with Crippen molar-refractivity contribution >= 4 is 18.3 Å². The molecule has 1 atom stereocenters. The van der Waals surface area contributed by atoms with Crippen LogP contribution >= 0.6 is 12.4 Å². The van der Waals surface area contributed by atoms with Crippen LogP contribution in [-0.2, 0) is 4.79 Å². The average molecular weight is 277 g/mol. The fourth-order valence-corrected chi connectivity index (χ4v) is 2.78. The molecule has 0 bridgehead atoms. The Morgan fingerprint density at radius 2 is 1.94 bits per heavy atom. The molecule has 1 heterocycles. The van der Waals surface area contributed by atoms with E-state index < -0.39 is 0 Å². The van der Waals surface area contributed by atoms with Crippen LogP contribution in [-0.4, -0.2) is 30.4 Å². The summed E-state index contributed by atoms with van der Waals surface area (Å²) in [5, 5.41) is 0. The lowest BCUT2D eigenvalue weighted by molar-refractivity contribution is -0.141. The number of nitrogens with two attached hydrogens (primary N) is 1. The molecule has 1 unspecified atom stereocenters. The number of rotatable bonds is 5. The fourth-order valence-electron chi connectivity index (χ4n) is 2.78. The lowest BCUT2D eigenvalue weighted by atomic mass is 9.81. The number of carbonyl (C=O) groups is 1. The summed E-state index contributed by atoms with van der Waals surface area (Å²) < 4.78 is 0. The second-order valence-electron chi connectivity index (χ2n) is 5.74. The van der Waals surface area contributed by atoms with Gasteiger partial charge in [-0.25, -0.2) is 0 Å². The average Bonchev–Trinajstić information content (AvgIpc) is 2.81. The van der Waals surface area contributed by atoms with E-state index in [0.717, 1.165) is 32.4 Å². The standard InChI is InChI=1S/C14H28N2O.ClH/c1-5-14(6-2,10-15)13(17)16-8-7-12(9-16)11(3)4;/h11-12H,5-10,15H2,1-4H3;1H. The summed E-state index contributed by atoms with van der Waals surface area (Å²) in [4.78, 5) is 14.6. The Bertz CT molecular complexity index is 256. The van der Waals surface area contributed by atoms with Gasteiger partial charge in [-0.1, -0.05) is 27.7 Å². The minimum absolute atomic E-state index is 0. The van der Waals surface area contributed by atoms with Crippen molar-refractivity contribution in [3.63, 3.8) is 0 Å². The number of nitrogens with zero attached hydrogens (tertiary/aromatic N) is 1. The Morgan fingerprint density at radius 1 is 1.39 bits per heavy atom. The summed E-state index contributed by atoms with van der Waals surface area (Å²) in [7, 11) is 0. The SMILES string of the molecule is CCC(CC)(CN)C(=O)N1CCC(C(C)C)C1.Cl. The zero-order valence-corrected chi connectivity index (χ0v) is 13.1. The van der Waals surface area contributed by atoms with E-state index in [0.29, 0.717) is 18.4 Å². The van der Waals surface area contributed by atoms with E-state index in [1.807, 2.05) is 4.90 Å². The largest absolute Gasteiger partial charge is 0.342 e. The first-order chi connectivity index (χ1) is 8.00. The predicted molar refractivity (Wildman–Crippen MR) is 78.8 cm³/mol. The van der Waals surface area contributed by atoms with Crippen molar-refractivity contribution in [3.05, 3.63) is 0 Å². The third-order valence-electron chi connectivity index (χ3n) is 4.65. The molecular formula is C14H29ClN2O. The number of hydrogen-bond acceptors (Lipinski definition) is 2. The quantitative estimate of drug-likeness (QED) is 0.839. The molecule has 0 aliphatic carbocycles. The Labute approximate surface area is 118 Å². The number of amides is 1. The van der Waals surface area contributed by atoms with Crippen LogP contribution in [0.15, 0.2) is 0 Å². The zero-order valence-electron chi connectivity index (χ0n) is 12.2. The Morgan fingerprint density at radius 3 is 2.28 bits per heavy atom. The van der Waals surface area contributed by atoms with Gasteiger partial charge in [0.05, 0.1) is 5.41 Å². The minimum atomic E-state index is -0.314. The Kier molecular flexibility index (Phi) is 7.23. The summed E-state index contributed by atoms with van der Waals surface area (Å²) in [6, 6.07) is 0. The predicted octanol–water partition coefficient (Wildman–Crippen LogP) is 2.68. The summed E-state index contributed by atoms with van der Waals surface area (Å²) in [5.41, 5.74) is 5.53. The molecule has 1 saturated heterocycles. The van der Waals surface area contributed by atoms with Crippen LogP contribution < -0.4 is 5.73 Å². The maximum atomic E-state index is 12.6. The van der Waals surface area contributed by atoms with Crippen molar-refractivity contribution in [1.29, 1.82) is 0 Å². The van der Waals surface area contributed by atoms with Gasteiger partial charge >= 0.3 is 0 Å². The molecule has 0 aromatic heterocycles. The van der Waals surface area contributed by atoms with Crippen LogP contribution in [0.25, 0.3) is 0 Å². The van der Waals surface area contributed by atoms with Crippen LogP contribution in [0, 0.1) is 17.3 Å². The van der Waals surface area contributed by atoms with Crippen molar-refractivity contribution in [2.24, 2.45) is 23.0 Å². The molecule has 108 valence electrons. The first kappa shape index (κ1) is 17.7. The van der Waals surface area contributed by atoms with E-state index in [1.165, 1.54) is 0 Å². The Balaban J connectivity index is 0.00000289. The van der Waals surface area contributed by atoms with Gasteiger partial charge in [0, 0.05) is 19.6 Å². The van der Waals surface area contributed by atoms with Gasteiger partial charge in [-0.05, 0) is 31.1 Å². The number of carbonyl (C=O) groups excluding carboxylic acids is 1. The van der Waals surface area contributed by atoms with E-state index in [9.17, 15) is 4.79 Å². The lowest BCUT2D eigenvalue weighted by Gasteiger charge is -2.33. The van der Waals surface area contributed by atoms with Gasteiger partial charge < -0.3 is 10.6 Å². The number of hydrogen-bond donors (Lipinski definition) is 1. The summed E-state index contributed by atoms with van der Waals surface area (Å²) in [5.74, 6) is 1.62. The molecule has 0 aromatic rings. The van der Waals surface area contributed by atoms with Crippen molar-refractivity contribution < 1.29 is 4.79 Å². The molecule has 0 radical (unpaired) electrons. The number of likely N-dealkylation sites (tertiary alicyclic amines) is 1. The van der Waals surface area contributed by atoms with Gasteiger partial charge in [-0.2, -0.15) is 0 Å². The van der Waals surface area contributed by atoms with Crippen LogP contribution in [0.3, 0.4) is 0 Å². The van der Waals surface area contributed by atoms with Gasteiger partial charge in [-0.3, -0.25) is 4.79 Å². The summed E-state index contributed by atoms with van der Waals surface area (Å²) in [6.07, 6.45) is 2.85. The summed E-state index contributed by atoms with van der Waals surface area (Å²) in [6.45, 7) is 11.0. The van der Waals surface area contributed by atoms with Gasteiger partial charge in [0.1, 0.15) is 0 Å². The normalized spacial score (nSPS) is 20.1. The molecule has 0 spiro atoms. The molecule has 1 aliphatic heterocycles.